The van der Waals surface area contributed by atoms with Crippen LogP contribution in [0.2, 0.25) is 0 Å². The van der Waals surface area contributed by atoms with E-state index in [0.717, 1.165) is 5.56 Å². The van der Waals surface area contributed by atoms with Crippen LogP contribution >= 0.6 is 0 Å². The minimum atomic E-state index is -0.857. The van der Waals surface area contributed by atoms with Crippen LogP contribution in [0.25, 0.3) is 0 Å². The number of anilines is 1. The Bertz CT molecular complexity index is 558. The van der Waals surface area contributed by atoms with Crippen molar-refractivity contribution in [1.82, 2.24) is 9.97 Å². The fourth-order valence-corrected chi connectivity index (χ4v) is 1.79. The van der Waals surface area contributed by atoms with Crippen LogP contribution in [0, 0.1) is 6.92 Å². The Kier molecular flexibility index (Phi) is 4.07. The third-order valence-electron chi connectivity index (χ3n) is 2.76. The molecule has 0 saturated heterocycles. The van der Waals surface area contributed by atoms with Crippen LogP contribution < -0.4 is 5.32 Å². The summed E-state index contributed by atoms with van der Waals surface area (Å²) in [5.41, 5.74) is 0.772. The molecule has 1 heterocycles. The first-order valence-corrected chi connectivity index (χ1v) is 5.98. The molecule has 2 N–H and O–H groups in total. The molecule has 1 atom stereocenters. The van der Waals surface area contributed by atoms with Crippen LogP contribution in [-0.4, -0.2) is 27.6 Å². The Hall–Kier alpha value is -2.43. The van der Waals surface area contributed by atoms with E-state index in [1.807, 2.05) is 30.3 Å². The molecule has 98 valence electrons. The van der Waals surface area contributed by atoms with Gasteiger partial charge in [0.05, 0.1) is 5.92 Å². The lowest BCUT2D eigenvalue weighted by Gasteiger charge is -2.14. The van der Waals surface area contributed by atoms with Crippen LogP contribution in [0.3, 0.4) is 0 Å². The molecule has 1 aromatic carbocycles. The van der Waals surface area contributed by atoms with Gasteiger partial charge in [0, 0.05) is 12.7 Å². The summed E-state index contributed by atoms with van der Waals surface area (Å²) < 4.78 is 0. The lowest BCUT2D eigenvalue weighted by Crippen LogP contribution is -2.21. The summed E-state index contributed by atoms with van der Waals surface area (Å²) in [5.74, 6) is -0.174. The lowest BCUT2D eigenvalue weighted by molar-refractivity contribution is -0.138. The third-order valence-corrected chi connectivity index (χ3v) is 2.76. The number of rotatable bonds is 5. The number of benzene rings is 1. The summed E-state index contributed by atoms with van der Waals surface area (Å²) in [6.07, 6.45) is 1.64. The van der Waals surface area contributed by atoms with Crippen molar-refractivity contribution in [1.29, 1.82) is 0 Å². The van der Waals surface area contributed by atoms with Crippen molar-refractivity contribution < 1.29 is 9.90 Å². The van der Waals surface area contributed by atoms with Gasteiger partial charge >= 0.3 is 5.97 Å². The quantitative estimate of drug-likeness (QED) is 0.857. The number of carboxylic acid groups (broad SMARTS) is 1. The van der Waals surface area contributed by atoms with E-state index in [2.05, 4.69) is 15.3 Å². The Balaban J connectivity index is 2.08. The fraction of sp³-hybridized carbons (Fsp3) is 0.214. The summed E-state index contributed by atoms with van der Waals surface area (Å²) in [6, 6.07) is 10.9. The molecule has 0 aliphatic carbocycles. The molecule has 0 bridgehead atoms. The zero-order valence-electron chi connectivity index (χ0n) is 10.6. The second kappa shape index (κ2) is 5.95. The zero-order valence-corrected chi connectivity index (χ0v) is 10.6. The van der Waals surface area contributed by atoms with Crippen LogP contribution in [0.4, 0.5) is 5.82 Å². The van der Waals surface area contributed by atoms with E-state index < -0.39 is 11.9 Å². The summed E-state index contributed by atoms with van der Waals surface area (Å²) in [4.78, 5) is 19.5. The van der Waals surface area contributed by atoms with E-state index in [1.165, 1.54) is 0 Å². The van der Waals surface area contributed by atoms with E-state index in [1.54, 1.807) is 19.2 Å². The van der Waals surface area contributed by atoms with Gasteiger partial charge in [0.1, 0.15) is 11.6 Å². The normalized spacial score (nSPS) is 11.8. The molecule has 0 aliphatic rings. The number of carbonyl (C=O) groups is 1. The maximum absolute atomic E-state index is 11.3. The number of carboxylic acids is 1. The second-order valence-corrected chi connectivity index (χ2v) is 4.17. The third kappa shape index (κ3) is 3.51. The molecular formula is C14H15N3O2. The predicted molar refractivity (Wildman–Crippen MR) is 72.1 cm³/mol. The molecule has 0 saturated carbocycles. The fourth-order valence-electron chi connectivity index (χ4n) is 1.79. The first-order chi connectivity index (χ1) is 9.16. The number of nitrogens with one attached hydrogen (secondary N) is 1. The van der Waals surface area contributed by atoms with Gasteiger partial charge in [0.15, 0.2) is 0 Å². The van der Waals surface area contributed by atoms with Gasteiger partial charge in [-0.15, -0.1) is 0 Å². The molecule has 0 aliphatic heterocycles. The van der Waals surface area contributed by atoms with Crippen LogP contribution in [0.5, 0.6) is 0 Å². The highest BCUT2D eigenvalue weighted by molar-refractivity contribution is 5.76. The van der Waals surface area contributed by atoms with Crippen LogP contribution in [-0.2, 0) is 4.79 Å². The highest BCUT2D eigenvalue weighted by atomic mass is 16.4. The highest BCUT2D eigenvalue weighted by Crippen LogP contribution is 2.16. The Morgan fingerprint density at radius 3 is 2.68 bits per heavy atom. The number of aliphatic carboxylic acids is 1. The largest absolute Gasteiger partial charge is 0.481 e. The van der Waals surface area contributed by atoms with E-state index in [9.17, 15) is 9.90 Å². The maximum atomic E-state index is 11.3. The van der Waals surface area contributed by atoms with E-state index in [4.69, 9.17) is 0 Å². The molecule has 0 spiro atoms. The van der Waals surface area contributed by atoms with Crippen molar-refractivity contribution in [2.45, 2.75) is 12.8 Å². The van der Waals surface area contributed by atoms with Gasteiger partial charge in [-0.25, -0.2) is 9.97 Å². The zero-order chi connectivity index (χ0) is 13.7. The van der Waals surface area contributed by atoms with Crippen molar-refractivity contribution in [3.8, 4) is 0 Å². The lowest BCUT2D eigenvalue weighted by atomic mass is 9.99. The first-order valence-electron chi connectivity index (χ1n) is 5.98. The van der Waals surface area contributed by atoms with E-state index in [-0.39, 0.29) is 6.54 Å². The molecule has 1 unspecified atom stereocenters. The smallest absolute Gasteiger partial charge is 0.312 e. The number of hydrogen-bond donors (Lipinski definition) is 2. The van der Waals surface area contributed by atoms with Crippen LogP contribution in [0.15, 0.2) is 42.6 Å². The summed E-state index contributed by atoms with van der Waals surface area (Å²) in [7, 11) is 0. The summed E-state index contributed by atoms with van der Waals surface area (Å²) in [5, 5.41) is 12.3. The molecule has 0 amide bonds. The molecule has 5 heteroatoms. The molecular weight excluding hydrogens is 242 g/mol. The molecule has 0 fully saturated rings. The Labute approximate surface area is 111 Å². The van der Waals surface area contributed by atoms with Crippen molar-refractivity contribution in [3.63, 3.8) is 0 Å². The van der Waals surface area contributed by atoms with Crippen molar-refractivity contribution in [2.75, 3.05) is 11.9 Å². The molecule has 19 heavy (non-hydrogen) atoms. The van der Waals surface area contributed by atoms with Gasteiger partial charge in [-0.05, 0) is 18.6 Å². The SMILES string of the molecule is Cc1nccc(NCC(C(=O)O)c2ccccc2)n1. The molecule has 2 rings (SSSR count). The minimum Gasteiger partial charge on any atom is -0.481 e. The number of aromatic nitrogens is 2. The second-order valence-electron chi connectivity index (χ2n) is 4.17. The standard InChI is InChI=1S/C14H15N3O2/c1-10-15-8-7-13(17-10)16-9-12(14(18)19)11-5-3-2-4-6-11/h2-8,12H,9H2,1H3,(H,18,19)(H,15,16,17). The van der Waals surface area contributed by atoms with Crippen LogP contribution in [0.1, 0.15) is 17.3 Å². The van der Waals surface area contributed by atoms with Crippen molar-refractivity contribution in [2.24, 2.45) is 0 Å². The monoisotopic (exact) mass is 257 g/mol. The molecule has 1 aromatic heterocycles. The van der Waals surface area contributed by atoms with Gasteiger partial charge < -0.3 is 10.4 Å². The maximum Gasteiger partial charge on any atom is 0.312 e. The average molecular weight is 257 g/mol. The summed E-state index contributed by atoms with van der Waals surface area (Å²) >= 11 is 0. The Morgan fingerprint density at radius 1 is 1.32 bits per heavy atom. The van der Waals surface area contributed by atoms with Gasteiger partial charge in [-0.3, -0.25) is 4.79 Å². The Morgan fingerprint density at radius 2 is 2.05 bits per heavy atom. The number of aryl methyl sites for hydroxylation is 1. The van der Waals surface area contributed by atoms with Gasteiger partial charge in [0.2, 0.25) is 0 Å². The molecule has 5 nitrogen and oxygen atoms in total. The summed E-state index contributed by atoms with van der Waals surface area (Å²) in [6.45, 7) is 2.08. The van der Waals surface area contributed by atoms with E-state index in [0.29, 0.717) is 11.6 Å². The molecule has 2 aromatic rings. The highest BCUT2D eigenvalue weighted by Gasteiger charge is 2.19. The minimum absolute atomic E-state index is 0.287. The van der Waals surface area contributed by atoms with Crippen molar-refractivity contribution >= 4 is 11.8 Å². The van der Waals surface area contributed by atoms with Gasteiger partial charge in [-0.1, -0.05) is 30.3 Å². The average Bonchev–Trinajstić information content (AvgIpc) is 2.40. The van der Waals surface area contributed by atoms with Gasteiger partial charge in [-0.2, -0.15) is 0 Å². The number of hydrogen-bond acceptors (Lipinski definition) is 4. The first kappa shape index (κ1) is 13.0. The topological polar surface area (TPSA) is 75.1 Å². The van der Waals surface area contributed by atoms with Crippen molar-refractivity contribution in [3.05, 3.63) is 54.0 Å². The molecule has 0 radical (unpaired) electrons. The van der Waals surface area contributed by atoms with E-state index >= 15 is 0 Å². The number of nitrogens with zero attached hydrogens (tertiary/aromatic N) is 2. The predicted octanol–water partition coefficient (Wildman–Crippen LogP) is 2.07. The van der Waals surface area contributed by atoms with Gasteiger partial charge in [0.25, 0.3) is 0 Å².